The van der Waals surface area contributed by atoms with Gasteiger partial charge in [0.1, 0.15) is 0 Å². The molecule has 0 aromatic carbocycles. The number of rotatable bonds is 5. The molecule has 2 unspecified atom stereocenters. The van der Waals surface area contributed by atoms with Gasteiger partial charge in [0.25, 0.3) is 0 Å². The highest BCUT2D eigenvalue weighted by Crippen LogP contribution is 2.31. The van der Waals surface area contributed by atoms with Crippen molar-refractivity contribution in [2.75, 3.05) is 32.8 Å². The monoisotopic (exact) mass is 212 g/mol. The number of fused-ring (bicyclic) bond motifs is 2. The van der Waals surface area contributed by atoms with Crippen LogP contribution in [-0.4, -0.2) is 60.8 Å². The smallest absolute Gasteiger partial charge is 0.0593 e. The second-order valence-electron chi connectivity index (χ2n) is 5.03. The van der Waals surface area contributed by atoms with Gasteiger partial charge in [0.05, 0.1) is 6.61 Å². The summed E-state index contributed by atoms with van der Waals surface area (Å²) in [5.41, 5.74) is 0. The maximum Gasteiger partial charge on any atom is 0.0593 e. The number of ether oxygens (including phenoxy) is 1. The Hall–Kier alpha value is -0.120. The van der Waals surface area contributed by atoms with Crippen LogP contribution in [0.2, 0.25) is 0 Å². The molecule has 2 saturated heterocycles. The Bertz CT molecular complexity index is 208. The molecule has 2 atom stereocenters. The van der Waals surface area contributed by atoms with Crippen molar-refractivity contribution in [3.05, 3.63) is 0 Å². The highest BCUT2D eigenvalue weighted by molar-refractivity contribution is 5.00. The Morgan fingerprint density at radius 1 is 1.27 bits per heavy atom. The maximum absolute atomic E-state index is 5.42. The fourth-order valence-electron chi connectivity index (χ4n) is 3.01. The topological polar surface area (TPSA) is 15.7 Å². The van der Waals surface area contributed by atoms with Crippen molar-refractivity contribution in [3.63, 3.8) is 0 Å². The van der Waals surface area contributed by atoms with Crippen LogP contribution in [0.1, 0.15) is 27.2 Å². The van der Waals surface area contributed by atoms with Gasteiger partial charge in [-0.05, 0) is 27.2 Å². The van der Waals surface area contributed by atoms with Gasteiger partial charge in [-0.3, -0.25) is 9.80 Å². The van der Waals surface area contributed by atoms with Crippen molar-refractivity contribution in [1.29, 1.82) is 0 Å². The van der Waals surface area contributed by atoms with E-state index in [0.29, 0.717) is 6.04 Å². The first-order chi connectivity index (χ1) is 7.22. The Morgan fingerprint density at radius 3 is 2.60 bits per heavy atom. The van der Waals surface area contributed by atoms with Crippen LogP contribution >= 0.6 is 0 Å². The van der Waals surface area contributed by atoms with E-state index in [9.17, 15) is 0 Å². The van der Waals surface area contributed by atoms with Crippen molar-refractivity contribution in [1.82, 2.24) is 9.80 Å². The third-order valence-electron chi connectivity index (χ3n) is 3.79. The van der Waals surface area contributed by atoms with E-state index in [-0.39, 0.29) is 0 Å². The average molecular weight is 212 g/mol. The largest absolute Gasteiger partial charge is 0.380 e. The summed E-state index contributed by atoms with van der Waals surface area (Å²) < 4.78 is 5.42. The van der Waals surface area contributed by atoms with Gasteiger partial charge in [0, 0.05) is 44.4 Å². The zero-order chi connectivity index (χ0) is 10.8. The van der Waals surface area contributed by atoms with Gasteiger partial charge in [-0.2, -0.15) is 0 Å². The van der Waals surface area contributed by atoms with Crippen LogP contribution in [0.3, 0.4) is 0 Å². The maximum atomic E-state index is 5.42. The summed E-state index contributed by atoms with van der Waals surface area (Å²) in [6.07, 6.45) is 1.38. The number of hydrogen-bond acceptors (Lipinski definition) is 3. The number of likely N-dealkylation sites (tertiary alicyclic amines) is 2. The van der Waals surface area contributed by atoms with E-state index in [4.69, 9.17) is 4.74 Å². The van der Waals surface area contributed by atoms with Crippen LogP contribution in [-0.2, 0) is 4.74 Å². The lowest BCUT2D eigenvalue weighted by atomic mass is 10.2. The fraction of sp³-hybridized carbons (Fsp3) is 1.00. The molecule has 15 heavy (non-hydrogen) atoms. The van der Waals surface area contributed by atoms with Gasteiger partial charge in [-0.15, -0.1) is 0 Å². The summed E-state index contributed by atoms with van der Waals surface area (Å²) >= 11 is 0. The molecule has 2 heterocycles. The first-order valence-electron chi connectivity index (χ1n) is 6.30. The van der Waals surface area contributed by atoms with Gasteiger partial charge in [-0.1, -0.05) is 0 Å². The molecule has 0 radical (unpaired) electrons. The molecular formula is C12H24N2O. The molecule has 0 N–H and O–H groups in total. The Morgan fingerprint density at radius 2 is 2.07 bits per heavy atom. The molecule has 3 nitrogen and oxygen atoms in total. The lowest BCUT2D eigenvalue weighted by molar-refractivity contribution is 0.0681. The van der Waals surface area contributed by atoms with Gasteiger partial charge in [0.15, 0.2) is 0 Å². The molecule has 0 aliphatic carbocycles. The Balaban J connectivity index is 1.76. The van der Waals surface area contributed by atoms with E-state index < -0.39 is 0 Å². The van der Waals surface area contributed by atoms with Gasteiger partial charge in [-0.25, -0.2) is 0 Å². The molecule has 2 rings (SSSR count). The molecule has 3 heteroatoms. The zero-order valence-electron chi connectivity index (χ0n) is 10.3. The van der Waals surface area contributed by atoms with Crippen LogP contribution in [0.4, 0.5) is 0 Å². The van der Waals surface area contributed by atoms with Crippen molar-refractivity contribution < 1.29 is 4.74 Å². The molecule has 0 spiro atoms. The average Bonchev–Trinajstić information content (AvgIpc) is 2.76. The molecule has 2 aliphatic heterocycles. The Labute approximate surface area is 93.4 Å². The van der Waals surface area contributed by atoms with E-state index >= 15 is 0 Å². The van der Waals surface area contributed by atoms with E-state index in [1.165, 1.54) is 19.5 Å². The molecule has 88 valence electrons. The van der Waals surface area contributed by atoms with E-state index in [1.54, 1.807) is 0 Å². The number of hydrogen-bond donors (Lipinski definition) is 0. The molecule has 0 saturated carbocycles. The first-order valence-corrected chi connectivity index (χ1v) is 6.30. The van der Waals surface area contributed by atoms with Crippen molar-refractivity contribution in [2.24, 2.45) is 0 Å². The fourth-order valence-corrected chi connectivity index (χ4v) is 3.01. The molecule has 2 aliphatic rings. The van der Waals surface area contributed by atoms with Crippen molar-refractivity contribution in [3.8, 4) is 0 Å². The normalized spacial score (nSPS) is 32.0. The van der Waals surface area contributed by atoms with Crippen LogP contribution in [0.15, 0.2) is 0 Å². The SMILES string of the molecule is CCOCCN1CC2CC1CN2C(C)C. The summed E-state index contributed by atoms with van der Waals surface area (Å²) in [6.45, 7) is 12.1. The van der Waals surface area contributed by atoms with Gasteiger partial charge in [0.2, 0.25) is 0 Å². The lowest BCUT2D eigenvalue weighted by Crippen LogP contribution is -2.49. The number of piperazine rings is 1. The first kappa shape index (κ1) is 11.4. The minimum atomic E-state index is 0.717. The van der Waals surface area contributed by atoms with Crippen LogP contribution in [0.25, 0.3) is 0 Å². The summed E-state index contributed by atoms with van der Waals surface area (Å²) in [5.74, 6) is 0. The highest BCUT2D eigenvalue weighted by Gasteiger charge is 2.43. The van der Waals surface area contributed by atoms with Crippen LogP contribution in [0.5, 0.6) is 0 Å². The second-order valence-corrected chi connectivity index (χ2v) is 5.03. The highest BCUT2D eigenvalue weighted by atomic mass is 16.5. The predicted octanol–water partition coefficient (Wildman–Crippen LogP) is 1.19. The predicted molar refractivity (Wildman–Crippen MR) is 62.1 cm³/mol. The molecule has 0 aromatic rings. The summed E-state index contributed by atoms with van der Waals surface area (Å²) in [7, 11) is 0. The lowest BCUT2D eigenvalue weighted by Gasteiger charge is -2.36. The third kappa shape index (κ3) is 2.35. The molecular weight excluding hydrogens is 188 g/mol. The van der Waals surface area contributed by atoms with Gasteiger partial charge < -0.3 is 4.74 Å². The molecule has 2 fully saturated rings. The summed E-state index contributed by atoms with van der Waals surface area (Å²) in [5, 5.41) is 0. The van der Waals surface area contributed by atoms with Crippen molar-refractivity contribution >= 4 is 0 Å². The van der Waals surface area contributed by atoms with E-state index in [2.05, 4.69) is 30.6 Å². The molecule has 2 bridgehead atoms. The summed E-state index contributed by atoms with van der Waals surface area (Å²) in [6, 6.07) is 2.34. The minimum absolute atomic E-state index is 0.717. The zero-order valence-corrected chi connectivity index (χ0v) is 10.3. The van der Waals surface area contributed by atoms with Crippen molar-refractivity contribution in [2.45, 2.75) is 45.3 Å². The molecule has 0 aromatic heterocycles. The van der Waals surface area contributed by atoms with Gasteiger partial charge >= 0.3 is 0 Å². The van der Waals surface area contributed by atoms with E-state index in [1.807, 2.05) is 0 Å². The standard InChI is InChI=1S/C12H24N2O/c1-4-15-6-5-13-8-12-7-11(13)9-14(12)10(2)3/h10-12H,4-9H2,1-3H3. The van der Waals surface area contributed by atoms with Crippen LogP contribution < -0.4 is 0 Å². The summed E-state index contributed by atoms with van der Waals surface area (Å²) in [4.78, 5) is 5.26. The third-order valence-corrected chi connectivity index (χ3v) is 3.79. The van der Waals surface area contributed by atoms with E-state index in [0.717, 1.165) is 31.8 Å². The quantitative estimate of drug-likeness (QED) is 0.637. The molecule has 0 amide bonds. The second kappa shape index (κ2) is 4.81. The minimum Gasteiger partial charge on any atom is -0.380 e. The Kier molecular flexibility index (Phi) is 3.65. The number of nitrogens with zero attached hydrogens (tertiary/aromatic N) is 2. The van der Waals surface area contributed by atoms with Crippen LogP contribution in [0, 0.1) is 0 Å².